The van der Waals surface area contributed by atoms with Gasteiger partial charge in [-0.1, -0.05) is 33.6 Å². The number of nitrogens with two attached hydrogens (primary N) is 1. The van der Waals surface area contributed by atoms with Crippen molar-refractivity contribution in [1.82, 2.24) is 20.3 Å². The molecule has 0 amide bonds. The second-order valence-corrected chi connectivity index (χ2v) is 8.60. The van der Waals surface area contributed by atoms with E-state index >= 15 is 0 Å². The Morgan fingerprint density at radius 2 is 1.97 bits per heavy atom. The molecule has 0 radical (unpaired) electrons. The van der Waals surface area contributed by atoms with E-state index in [1.165, 1.54) is 19.6 Å². The summed E-state index contributed by atoms with van der Waals surface area (Å²) in [5.74, 6) is 0.793. The average molecular weight is 460 g/mol. The summed E-state index contributed by atoms with van der Waals surface area (Å²) in [6.45, 7) is 7.46. The third-order valence-electron chi connectivity index (χ3n) is 6.22. The van der Waals surface area contributed by atoms with Crippen LogP contribution in [0.3, 0.4) is 0 Å². The molecule has 1 saturated heterocycles. The normalized spacial score (nSPS) is 16.7. The van der Waals surface area contributed by atoms with Crippen LogP contribution >= 0.6 is 0 Å². The molecule has 1 aliphatic heterocycles. The largest absolute Gasteiger partial charge is 0.494 e. The van der Waals surface area contributed by atoms with Gasteiger partial charge < -0.3 is 26.0 Å². The standard InChI is InChI=1S/C24H38FN7O/c1-5-9-16(10-6-2)32(17-12-13-21(33-4)18(25)15-17)24-30-22(26)29-23(31-24)28-19(7-3)20-11-8-14-27-20/h12-13,15-16,19-20,27H,5-11,14H2,1-4H3,(H3,26,28,29,30,31). The van der Waals surface area contributed by atoms with Crippen LogP contribution in [0, 0.1) is 5.82 Å². The molecule has 8 nitrogen and oxygen atoms in total. The van der Waals surface area contributed by atoms with Gasteiger partial charge in [-0.05, 0) is 50.8 Å². The molecule has 1 aliphatic rings. The highest BCUT2D eigenvalue weighted by molar-refractivity contribution is 5.61. The fraction of sp³-hybridized carbons (Fsp3) is 0.625. The number of halogens is 1. The lowest BCUT2D eigenvalue weighted by atomic mass is 10.0. The molecule has 4 N–H and O–H groups in total. The van der Waals surface area contributed by atoms with Crippen molar-refractivity contribution in [2.75, 3.05) is 29.6 Å². The van der Waals surface area contributed by atoms with Crippen LogP contribution in [0.2, 0.25) is 0 Å². The zero-order valence-corrected chi connectivity index (χ0v) is 20.3. The molecule has 0 bridgehead atoms. The van der Waals surface area contributed by atoms with Gasteiger partial charge in [0.15, 0.2) is 11.6 Å². The van der Waals surface area contributed by atoms with E-state index in [1.807, 2.05) is 11.0 Å². The Kier molecular flexibility index (Phi) is 9.05. The molecule has 3 rings (SSSR count). The summed E-state index contributed by atoms with van der Waals surface area (Å²) < 4.78 is 19.8. The summed E-state index contributed by atoms with van der Waals surface area (Å²) in [7, 11) is 1.46. The number of hydrogen-bond donors (Lipinski definition) is 3. The number of rotatable bonds is 12. The Bertz CT molecular complexity index is 885. The molecule has 2 atom stereocenters. The van der Waals surface area contributed by atoms with E-state index in [4.69, 9.17) is 15.5 Å². The van der Waals surface area contributed by atoms with Gasteiger partial charge in [0.1, 0.15) is 0 Å². The van der Waals surface area contributed by atoms with Crippen LogP contribution in [0.1, 0.15) is 65.7 Å². The maximum atomic E-state index is 14.7. The summed E-state index contributed by atoms with van der Waals surface area (Å²) >= 11 is 0. The lowest BCUT2D eigenvalue weighted by Crippen LogP contribution is -2.40. The Morgan fingerprint density at radius 3 is 2.55 bits per heavy atom. The number of nitrogens with zero attached hydrogens (tertiary/aromatic N) is 4. The van der Waals surface area contributed by atoms with E-state index in [0.717, 1.165) is 45.1 Å². The molecule has 2 aromatic rings. The van der Waals surface area contributed by atoms with Crippen LogP contribution in [0.25, 0.3) is 0 Å². The van der Waals surface area contributed by atoms with Crippen LogP contribution in [0.5, 0.6) is 5.75 Å². The number of aromatic nitrogens is 3. The molecule has 182 valence electrons. The van der Waals surface area contributed by atoms with Crippen molar-refractivity contribution in [3.8, 4) is 5.75 Å². The number of hydrogen-bond acceptors (Lipinski definition) is 8. The van der Waals surface area contributed by atoms with E-state index in [2.05, 4.69) is 41.4 Å². The summed E-state index contributed by atoms with van der Waals surface area (Å²) in [5, 5.41) is 7.01. The zero-order valence-electron chi connectivity index (χ0n) is 20.3. The van der Waals surface area contributed by atoms with Crippen molar-refractivity contribution in [2.45, 2.75) is 83.8 Å². The molecule has 1 aromatic carbocycles. The van der Waals surface area contributed by atoms with Crippen molar-refractivity contribution in [3.05, 3.63) is 24.0 Å². The number of anilines is 4. The molecular weight excluding hydrogens is 421 g/mol. The third kappa shape index (κ3) is 6.22. The van der Waals surface area contributed by atoms with E-state index < -0.39 is 5.82 Å². The Morgan fingerprint density at radius 1 is 1.21 bits per heavy atom. The summed E-state index contributed by atoms with van der Waals surface area (Å²) in [5.41, 5.74) is 6.80. The highest BCUT2D eigenvalue weighted by atomic mass is 19.1. The van der Waals surface area contributed by atoms with E-state index in [9.17, 15) is 4.39 Å². The molecule has 2 heterocycles. The van der Waals surface area contributed by atoms with Gasteiger partial charge in [-0.2, -0.15) is 15.0 Å². The average Bonchev–Trinajstić information content (AvgIpc) is 3.32. The SMILES string of the molecule is CCCC(CCC)N(c1ccc(OC)c(F)c1)c1nc(N)nc(NC(CC)C2CCCN2)n1. The van der Waals surface area contributed by atoms with Crippen LogP contribution in [0.4, 0.5) is 27.9 Å². The van der Waals surface area contributed by atoms with Gasteiger partial charge in [0, 0.05) is 29.9 Å². The van der Waals surface area contributed by atoms with Crippen molar-refractivity contribution in [1.29, 1.82) is 0 Å². The van der Waals surface area contributed by atoms with Crippen molar-refractivity contribution in [2.24, 2.45) is 0 Å². The number of methoxy groups -OCH3 is 1. The minimum Gasteiger partial charge on any atom is -0.494 e. The predicted octanol–water partition coefficient (Wildman–Crippen LogP) is 4.65. The van der Waals surface area contributed by atoms with Gasteiger partial charge in [-0.15, -0.1) is 0 Å². The second kappa shape index (κ2) is 12.0. The predicted molar refractivity (Wildman–Crippen MR) is 132 cm³/mol. The van der Waals surface area contributed by atoms with Gasteiger partial charge in [0.05, 0.1) is 7.11 Å². The number of ether oxygens (including phenoxy) is 1. The number of benzene rings is 1. The molecule has 2 unspecified atom stereocenters. The van der Waals surface area contributed by atoms with Crippen LogP contribution in [-0.2, 0) is 0 Å². The first kappa shape index (κ1) is 25.0. The molecule has 33 heavy (non-hydrogen) atoms. The van der Waals surface area contributed by atoms with Gasteiger partial charge in [-0.3, -0.25) is 0 Å². The first-order valence-electron chi connectivity index (χ1n) is 12.1. The molecular formula is C24H38FN7O. The minimum absolute atomic E-state index is 0.0981. The van der Waals surface area contributed by atoms with E-state index in [0.29, 0.717) is 23.6 Å². The van der Waals surface area contributed by atoms with Crippen molar-refractivity contribution < 1.29 is 9.13 Å². The quantitative estimate of drug-likeness (QED) is 0.422. The summed E-state index contributed by atoms with van der Waals surface area (Å²) in [4.78, 5) is 15.6. The van der Waals surface area contributed by atoms with Crippen LogP contribution in [-0.4, -0.2) is 46.7 Å². The number of nitrogen functional groups attached to an aromatic ring is 1. The van der Waals surface area contributed by atoms with Gasteiger partial charge in [0.2, 0.25) is 17.8 Å². The van der Waals surface area contributed by atoms with Crippen molar-refractivity contribution in [3.63, 3.8) is 0 Å². The molecule has 0 saturated carbocycles. The maximum Gasteiger partial charge on any atom is 0.236 e. The molecule has 1 fully saturated rings. The lowest BCUT2D eigenvalue weighted by Gasteiger charge is -2.32. The Balaban J connectivity index is 2.00. The molecule has 0 aliphatic carbocycles. The summed E-state index contributed by atoms with van der Waals surface area (Å²) in [6.07, 6.45) is 7.01. The topological polar surface area (TPSA) is 101 Å². The van der Waals surface area contributed by atoms with E-state index in [-0.39, 0.29) is 23.8 Å². The lowest BCUT2D eigenvalue weighted by molar-refractivity contribution is 0.386. The Hall–Kier alpha value is -2.68. The fourth-order valence-corrected chi connectivity index (χ4v) is 4.62. The monoisotopic (exact) mass is 459 g/mol. The van der Waals surface area contributed by atoms with Crippen molar-refractivity contribution >= 4 is 23.5 Å². The van der Waals surface area contributed by atoms with Gasteiger partial charge in [-0.25, -0.2) is 4.39 Å². The summed E-state index contributed by atoms with van der Waals surface area (Å²) in [6, 6.07) is 5.61. The molecule has 9 heteroatoms. The third-order valence-corrected chi connectivity index (χ3v) is 6.22. The minimum atomic E-state index is -0.425. The maximum absolute atomic E-state index is 14.7. The van der Waals surface area contributed by atoms with Gasteiger partial charge >= 0.3 is 0 Å². The number of nitrogens with one attached hydrogen (secondary N) is 2. The first-order valence-corrected chi connectivity index (χ1v) is 12.1. The Labute approximate surface area is 196 Å². The smallest absolute Gasteiger partial charge is 0.236 e. The van der Waals surface area contributed by atoms with E-state index in [1.54, 1.807) is 6.07 Å². The van der Waals surface area contributed by atoms with Gasteiger partial charge in [0.25, 0.3) is 0 Å². The highest BCUT2D eigenvalue weighted by Crippen LogP contribution is 2.33. The molecule has 0 spiro atoms. The van der Waals surface area contributed by atoms with Crippen LogP contribution < -0.4 is 26.0 Å². The molecule has 1 aromatic heterocycles. The second-order valence-electron chi connectivity index (χ2n) is 8.60. The highest BCUT2D eigenvalue weighted by Gasteiger charge is 2.27. The fourth-order valence-electron chi connectivity index (χ4n) is 4.62. The zero-order chi connectivity index (χ0) is 23.8. The first-order chi connectivity index (χ1) is 16.0. The van der Waals surface area contributed by atoms with Crippen LogP contribution in [0.15, 0.2) is 18.2 Å².